The zero-order chi connectivity index (χ0) is 18.8. The number of likely N-dealkylation sites (tertiary alicyclic amines) is 1. The van der Waals surface area contributed by atoms with Crippen molar-refractivity contribution in [3.8, 4) is 5.75 Å². The van der Waals surface area contributed by atoms with Crippen LogP contribution in [0.5, 0.6) is 5.75 Å². The second-order valence-corrected chi connectivity index (χ2v) is 10.8. The van der Waals surface area contributed by atoms with E-state index in [-0.39, 0.29) is 10.8 Å². The van der Waals surface area contributed by atoms with Crippen molar-refractivity contribution in [1.82, 2.24) is 4.90 Å². The smallest absolute Gasteiger partial charge is 0.136 e. The highest BCUT2D eigenvalue weighted by Crippen LogP contribution is 2.40. The van der Waals surface area contributed by atoms with E-state index in [4.69, 9.17) is 12.2 Å². The molecule has 25 heavy (non-hydrogen) atoms. The van der Waals surface area contributed by atoms with Gasteiger partial charge in [-0.3, -0.25) is 0 Å². The second kappa shape index (κ2) is 7.87. The summed E-state index contributed by atoms with van der Waals surface area (Å²) in [5, 5.41) is 10.8. The van der Waals surface area contributed by atoms with Gasteiger partial charge in [-0.15, -0.1) is 0 Å². The fraction of sp³-hybridized carbons (Fsp3) is 0.667. The molecule has 4 heteroatoms. The van der Waals surface area contributed by atoms with Crippen LogP contribution in [0.3, 0.4) is 0 Å². The van der Waals surface area contributed by atoms with Crippen molar-refractivity contribution in [2.75, 3.05) is 13.1 Å². The van der Waals surface area contributed by atoms with Crippen molar-refractivity contribution in [3.63, 3.8) is 0 Å². The average Bonchev–Trinajstić information content (AvgIpc) is 2.52. The van der Waals surface area contributed by atoms with Gasteiger partial charge >= 0.3 is 0 Å². The highest BCUT2D eigenvalue weighted by atomic mass is 32.2. The molecular formula is C21H33NOS2. The van der Waals surface area contributed by atoms with E-state index in [1.807, 2.05) is 0 Å². The summed E-state index contributed by atoms with van der Waals surface area (Å²) in [5.74, 6) is 1.31. The van der Waals surface area contributed by atoms with Gasteiger partial charge in [-0.25, -0.2) is 0 Å². The first-order valence-corrected chi connectivity index (χ1v) is 10.7. The van der Waals surface area contributed by atoms with Gasteiger partial charge in [0.15, 0.2) is 0 Å². The Hall–Kier alpha value is -0.740. The van der Waals surface area contributed by atoms with Crippen LogP contribution in [0.15, 0.2) is 12.1 Å². The van der Waals surface area contributed by atoms with E-state index in [0.29, 0.717) is 5.75 Å². The third-order valence-electron chi connectivity index (χ3n) is 4.76. The normalized spacial score (nSPS) is 16.2. The van der Waals surface area contributed by atoms with Crippen LogP contribution in [0.2, 0.25) is 0 Å². The Bertz CT molecular complexity index is 585. The maximum atomic E-state index is 10.8. The van der Waals surface area contributed by atoms with Crippen molar-refractivity contribution in [2.24, 2.45) is 0 Å². The third kappa shape index (κ3) is 5.37. The molecule has 0 atom stereocenters. The van der Waals surface area contributed by atoms with Crippen molar-refractivity contribution < 1.29 is 5.11 Å². The predicted molar refractivity (Wildman–Crippen MR) is 115 cm³/mol. The van der Waals surface area contributed by atoms with Crippen LogP contribution in [0.1, 0.15) is 77.5 Å². The summed E-state index contributed by atoms with van der Waals surface area (Å²) in [7, 11) is 0. The highest BCUT2D eigenvalue weighted by Gasteiger charge is 2.26. The summed E-state index contributed by atoms with van der Waals surface area (Å²) in [4.78, 5) is 2.35. The van der Waals surface area contributed by atoms with E-state index >= 15 is 0 Å². The van der Waals surface area contributed by atoms with E-state index in [2.05, 4.69) is 58.6 Å². The molecule has 0 spiro atoms. The maximum Gasteiger partial charge on any atom is 0.136 e. The van der Waals surface area contributed by atoms with Crippen LogP contribution in [-0.4, -0.2) is 27.4 Å². The molecule has 2 rings (SSSR count). The van der Waals surface area contributed by atoms with E-state index < -0.39 is 0 Å². The van der Waals surface area contributed by atoms with Gasteiger partial charge in [-0.1, -0.05) is 77.7 Å². The Morgan fingerprint density at radius 2 is 1.48 bits per heavy atom. The number of benzene rings is 1. The number of hydrogen-bond donors (Lipinski definition) is 1. The second-order valence-electron chi connectivity index (χ2n) is 9.14. The molecule has 0 radical (unpaired) electrons. The molecule has 1 N–H and O–H groups in total. The number of phenolic OH excluding ortho intramolecular Hbond substituents is 1. The molecule has 0 bridgehead atoms. The monoisotopic (exact) mass is 379 g/mol. The molecule has 2 nitrogen and oxygen atoms in total. The molecule has 0 aliphatic carbocycles. The minimum Gasteiger partial charge on any atom is -0.507 e. The first-order valence-electron chi connectivity index (χ1n) is 9.28. The lowest BCUT2D eigenvalue weighted by Crippen LogP contribution is -2.32. The van der Waals surface area contributed by atoms with Gasteiger partial charge in [0.25, 0.3) is 0 Å². The van der Waals surface area contributed by atoms with Gasteiger partial charge in [-0.05, 0) is 46.8 Å². The molecular weight excluding hydrogens is 346 g/mol. The SMILES string of the molecule is CC(C)(C)c1cc(CSC(=S)N2CCCCC2)cc(C(C)(C)C)c1O. The lowest BCUT2D eigenvalue weighted by Gasteiger charge is -2.29. The number of thioether (sulfide) groups is 1. The van der Waals surface area contributed by atoms with Crippen LogP contribution in [0, 0.1) is 0 Å². The van der Waals surface area contributed by atoms with Crippen LogP contribution < -0.4 is 0 Å². The summed E-state index contributed by atoms with van der Waals surface area (Å²) in [6.45, 7) is 15.1. The van der Waals surface area contributed by atoms with Crippen LogP contribution >= 0.6 is 24.0 Å². The van der Waals surface area contributed by atoms with Gasteiger partial charge in [-0.2, -0.15) is 0 Å². The molecule has 0 unspecified atom stereocenters. The van der Waals surface area contributed by atoms with Crippen molar-refractivity contribution in [3.05, 3.63) is 28.8 Å². The van der Waals surface area contributed by atoms with Crippen LogP contribution in [0.4, 0.5) is 0 Å². The summed E-state index contributed by atoms with van der Waals surface area (Å²) in [6, 6.07) is 4.33. The summed E-state index contributed by atoms with van der Waals surface area (Å²) in [6.07, 6.45) is 3.83. The topological polar surface area (TPSA) is 23.5 Å². The summed E-state index contributed by atoms with van der Waals surface area (Å²) >= 11 is 7.41. The Morgan fingerprint density at radius 3 is 1.92 bits per heavy atom. The van der Waals surface area contributed by atoms with Crippen LogP contribution in [-0.2, 0) is 16.6 Å². The molecule has 0 amide bonds. The lowest BCUT2D eigenvalue weighted by molar-refractivity contribution is 0.352. The predicted octanol–water partition coefficient (Wildman–Crippen LogP) is 5.99. The van der Waals surface area contributed by atoms with Gasteiger partial charge in [0.1, 0.15) is 10.1 Å². The lowest BCUT2D eigenvalue weighted by atomic mass is 9.78. The van der Waals surface area contributed by atoms with Gasteiger partial charge < -0.3 is 10.0 Å². The van der Waals surface area contributed by atoms with Gasteiger partial charge in [0, 0.05) is 18.8 Å². The summed E-state index contributed by atoms with van der Waals surface area (Å²) in [5.41, 5.74) is 3.13. The Kier molecular flexibility index (Phi) is 6.48. The number of phenols is 1. The fourth-order valence-electron chi connectivity index (χ4n) is 3.23. The third-order valence-corrected chi connectivity index (χ3v) is 6.36. The first-order chi connectivity index (χ1) is 11.5. The number of nitrogens with zero attached hydrogens (tertiary/aromatic N) is 1. The number of rotatable bonds is 2. The number of thiocarbonyl (C=S) groups is 1. The minimum absolute atomic E-state index is 0.0852. The Balaban J connectivity index is 2.23. The van der Waals surface area contributed by atoms with E-state index in [0.717, 1.165) is 34.3 Å². The summed E-state index contributed by atoms with van der Waals surface area (Å²) < 4.78 is 1.02. The van der Waals surface area contributed by atoms with E-state index in [1.165, 1.54) is 24.8 Å². The molecule has 1 fully saturated rings. The van der Waals surface area contributed by atoms with Crippen LogP contribution in [0.25, 0.3) is 0 Å². The van der Waals surface area contributed by atoms with Crippen molar-refractivity contribution in [2.45, 2.75) is 77.4 Å². The van der Waals surface area contributed by atoms with Crippen molar-refractivity contribution in [1.29, 1.82) is 0 Å². The van der Waals surface area contributed by atoms with Gasteiger partial charge in [0.2, 0.25) is 0 Å². The molecule has 1 aliphatic rings. The number of aromatic hydroxyl groups is 1. The Morgan fingerprint density at radius 1 is 1.00 bits per heavy atom. The fourth-order valence-corrected chi connectivity index (χ4v) is 4.42. The molecule has 1 aromatic rings. The molecule has 0 aromatic heterocycles. The molecule has 1 aromatic carbocycles. The molecule has 1 saturated heterocycles. The van der Waals surface area contributed by atoms with E-state index in [9.17, 15) is 5.11 Å². The molecule has 140 valence electrons. The van der Waals surface area contributed by atoms with Crippen molar-refractivity contribution >= 4 is 28.3 Å². The molecule has 1 heterocycles. The average molecular weight is 380 g/mol. The highest BCUT2D eigenvalue weighted by molar-refractivity contribution is 8.22. The maximum absolute atomic E-state index is 10.8. The number of piperidine rings is 1. The zero-order valence-corrected chi connectivity index (χ0v) is 18.2. The Labute approximate surface area is 163 Å². The van der Waals surface area contributed by atoms with E-state index in [1.54, 1.807) is 11.8 Å². The quantitative estimate of drug-likeness (QED) is 0.637. The minimum atomic E-state index is -0.0852. The first kappa shape index (κ1) is 20.6. The molecule has 1 aliphatic heterocycles. The van der Waals surface area contributed by atoms with Gasteiger partial charge in [0.05, 0.1) is 0 Å². The standard InChI is InChI=1S/C21H33NOS2/c1-20(2,3)16-12-15(13-17(18(16)23)21(4,5)6)14-25-19(24)22-10-8-7-9-11-22/h12-13,23H,7-11,14H2,1-6H3. The largest absolute Gasteiger partial charge is 0.507 e. The zero-order valence-electron chi connectivity index (χ0n) is 16.6. The molecule has 0 saturated carbocycles. The number of hydrogen-bond acceptors (Lipinski definition) is 3.